The summed E-state index contributed by atoms with van der Waals surface area (Å²) in [6, 6.07) is 0. The first-order valence-corrected chi connectivity index (χ1v) is 4.89. The van der Waals surface area contributed by atoms with E-state index < -0.39 is 12.1 Å². The van der Waals surface area contributed by atoms with Crippen LogP contribution < -0.4 is 5.73 Å². The van der Waals surface area contributed by atoms with Crippen LogP contribution in [0, 0.1) is 5.41 Å². The zero-order valence-electron chi connectivity index (χ0n) is 10.1. The van der Waals surface area contributed by atoms with E-state index in [4.69, 9.17) is 21.0 Å². The minimum atomic E-state index is -1.97. The molecule has 0 fully saturated rings. The molecule has 0 aromatic carbocycles. The van der Waals surface area contributed by atoms with Crippen molar-refractivity contribution in [3.63, 3.8) is 0 Å². The van der Waals surface area contributed by atoms with Crippen LogP contribution in [0.5, 0.6) is 0 Å². The number of allylic oxidation sites excluding steroid dienone is 1. The summed E-state index contributed by atoms with van der Waals surface area (Å²) in [6.45, 7) is 5.43. The molecule has 0 radical (unpaired) electrons. The summed E-state index contributed by atoms with van der Waals surface area (Å²) >= 11 is 0. The number of esters is 1. The molecule has 7 heteroatoms. The van der Waals surface area contributed by atoms with Gasteiger partial charge in [-0.15, -0.1) is 0 Å². The van der Waals surface area contributed by atoms with Crippen molar-refractivity contribution >= 4 is 18.7 Å². The van der Waals surface area contributed by atoms with Crippen molar-refractivity contribution < 1.29 is 23.8 Å². The van der Waals surface area contributed by atoms with E-state index in [0.29, 0.717) is 0 Å². The molecule has 0 spiro atoms. The maximum Gasteiger partial charge on any atom is 0.346 e. The van der Waals surface area contributed by atoms with Gasteiger partial charge in [0.2, 0.25) is 6.17 Å². The lowest BCUT2D eigenvalue weighted by Gasteiger charge is -2.06. The fourth-order valence-electron chi connectivity index (χ4n) is 0.532. The highest BCUT2D eigenvalue weighted by molar-refractivity contribution is 5.80. The van der Waals surface area contributed by atoms with Crippen LogP contribution >= 0.6 is 0 Å². The van der Waals surface area contributed by atoms with Gasteiger partial charge in [0.1, 0.15) is 0 Å². The first-order valence-electron chi connectivity index (χ1n) is 4.89. The van der Waals surface area contributed by atoms with E-state index >= 15 is 0 Å². The highest BCUT2D eigenvalue weighted by atomic mass is 19.1. The third-order valence-electron chi connectivity index (χ3n) is 1.06. The third kappa shape index (κ3) is 14.1. The number of halogens is 1. The molecule has 100 valence electrons. The zero-order chi connectivity index (χ0) is 14.3. The van der Waals surface area contributed by atoms with E-state index in [1.54, 1.807) is 6.92 Å². The lowest BCUT2D eigenvalue weighted by molar-refractivity contribution is -0.147. The Labute approximate surface area is 99.8 Å². The summed E-state index contributed by atoms with van der Waals surface area (Å²) in [5.74, 6) is -1.02. The molecule has 0 aliphatic heterocycles. The van der Waals surface area contributed by atoms with E-state index in [2.05, 4.69) is 4.74 Å². The van der Waals surface area contributed by atoms with Crippen molar-refractivity contribution in [2.45, 2.75) is 26.9 Å². The van der Waals surface area contributed by atoms with Gasteiger partial charge in [-0.2, -0.15) is 0 Å². The van der Waals surface area contributed by atoms with Crippen LogP contribution in [0.4, 0.5) is 4.39 Å². The summed E-state index contributed by atoms with van der Waals surface area (Å²) in [4.78, 5) is 19.0. The van der Waals surface area contributed by atoms with Crippen molar-refractivity contribution in [1.82, 2.24) is 0 Å². The molecular formula is C10H19FN2O4. The molecule has 0 aliphatic rings. The summed E-state index contributed by atoms with van der Waals surface area (Å²) < 4.78 is 17.2. The normalized spacial score (nSPS) is 10.7. The largest absolute Gasteiger partial charge is 0.483 e. The topological polar surface area (TPSA) is 113 Å². The standard InChI is InChI=1S/C7H11FN2O2.C2H6.CH2O2/c1-2-12-7(11)6(8)5(10)3-4-9;1-2;2-1-3/h3-4,6,9H,2,10H2,1H3;1-2H3;1H,(H,2,3)/b5-3-,9-4?;;. The molecule has 0 heterocycles. The van der Waals surface area contributed by atoms with E-state index in [-0.39, 0.29) is 18.8 Å². The van der Waals surface area contributed by atoms with Gasteiger partial charge < -0.3 is 21.0 Å². The summed E-state index contributed by atoms with van der Waals surface area (Å²) in [6.07, 6.45) is -0.158. The molecule has 6 nitrogen and oxygen atoms in total. The SMILES string of the molecule is CC.CCOC(=O)C(F)/C(N)=C/C=N.O=CO. The lowest BCUT2D eigenvalue weighted by atomic mass is 10.3. The zero-order valence-corrected chi connectivity index (χ0v) is 10.1. The minimum Gasteiger partial charge on any atom is -0.483 e. The second-order valence-corrected chi connectivity index (χ2v) is 2.05. The molecule has 0 amide bonds. The highest BCUT2D eigenvalue weighted by Crippen LogP contribution is 2.02. The molecule has 1 atom stereocenters. The van der Waals surface area contributed by atoms with Gasteiger partial charge in [0.15, 0.2) is 0 Å². The predicted molar refractivity (Wildman–Crippen MR) is 62.6 cm³/mol. The van der Waals surface area contributed by atoms with Crippen LogP contribution in [0.15, 0.2) is 11.8 Å². The number of ether oxygens (including phenoxy) is 1. The fourth-order valence-corrected chi connectivity index (χ4v) is 0.532. The van der Waals surface area contributed by atoms with Crippen LogP contribution in [0.3, 0.4) is 0 Å². The number of alkyl halides is 1. The average Bonchev–Trinajstić information content (AvgIpc) is 2.32. The Bertz CT molecular complexity index is 244. The fraction of sp³-hybridized carbons (Fsp3) is 0.500. The lowest BCUT2D eigenvalue weighted by Crippen LogP contribution is -2.25. The predicted octanol–water partition coefficient (Wildman–Crippen LogP) is 1.11. The van der Waals surface area contributed by atoms with Crippen LogP contribution in [0.1, 0.15) is 20.8 Å². The average molecular weight is 250 g/mol. The maximum atomic E-state index is 12.8. The van der Waals surface area contributed by atoms with Gasteiger partial charge >= 0.3 is 5.97 Å². The maximum absolute atomic E-state index is 12.8. The molecular weight excluding hydrogens is 231 g/mol. The number of nitrogens with two attached hydrogens (primary N) is 1. The Morgan fingerprint density at radius 3 is 2.29 bits per heavy atom. The van der Waals surface area contributed by atoms with Gasteiger partial charge in [-0.25, -0.2) is 9.18 Å². The van der Waals surface area contributed by atoms with E-state index in [1.807, 2.05) is 13.8 Å². The molecule has 17 heavy (non-hydrogen) atoms. The summed E-state index contributed by atoms with van der Waals surface area (Å²) in [5, 5.41) is 13.5. The molecule has 0 aliphatic carbocycles. The van der Waals surface area contributed by atoms with Crippen molar-refractivity contribution in [1.29, 1.82) is 5.41 Å². The second-order valence-electron chi connectivity index (χ2n) is 2.05. The van der Waals surface area contributed by atoms with Crippen LogP contribution in [-0.4, -0.2) is 36.5 Å². The Hall–Kier alpha value is -1.92. The molecule has 0 aromatic heterocycles. The first kappa shape index (κ1) is 20.5. The van der Waals surface area contributed by atoms with Crippen molar-refractivity contribution in [3.05, 3.63) is 11.8 Å². The number of rotatable bonds is 4. The van der Waals surface area contributed by atoms with Gasteiger partial charge in [0.05, 0.1) is 12.3 Å². The van der Waals surface area contributed by atoms with Crippen LogP contribution in [0.2, 0.25) is 0 Å². The van der Waals surface area contributed by atoms with Crippen molar-refractivity contribution in [2.24, 2.45) is 5.73 Å². The number of nitrogens with one attached hydrogen (secondary N) is 1. The number of hydrogen-bond acceptors (Lipinski definition) is 5. The molecule has 0 saturated carbocycles. The van der Waals surface area contributed by atoms with Gasteiger partial charge in [-0.3, -0.25) is 4.79 Å². The van der Waals surface area contributed by atoms with Crippen LogP contribution in [0.25, 0.3) is 0 Å². The number of hydrogen-bond donors (Lipinski definition) is 3. The van der Waals surface area contributed by atoms with E-state index in [1.165, 1.54) is 0 Å². The van der Waals surface area contributed by atoms with Crippen LogP contribution in [-0.2, 0) is 14.3 Å². The molecule has 0 saturated heterocycles. The highest BCUT2D eigenvalue weighted by Gasteiger charge is 2.20. The quantitative estimate of drug-likeness (QED) is 0.393. The monoisotopic (exact) mass is 250 g/mol. The Kier molecular flexibility index (Phi) is 19.9. The third-order valence-corrected chi connectivity index (χ3v) is 1.06. The van der Waals surface area contributed by atoms with E-state index in [9.17, 15) is 9.18 Å². The molecule has 0 rings (SSSR count). The summed E-state index contributed by atoms with van der Waals surface area (Å²) in [5.41, 5.74) is 4.78. The molecule has 4 N–H and O–H groups in total. The number of carbonyl (C=O) groups is 2. The number of carboxylic acid groups (broad SMARTS) is 1. The van der Waals surface area contributed by atoms with Gasteiger partial charge in [-0.1, -0.05) is 13.8 Å². The minimum absolute atomic E-state index is 0.108. The van der Waals surface area contributed by atoms with E-state index in [0.717, 1.165) is 12.3 Å². The van der Waals surface area contributed by atoms with Gasteiger partial charge in [0.25, 0.3) is 6.47 Å². The van der Waals surface area contributed by atoms with Crippen molar-refractivity contribution in [3.8, 4) is 0 Å². The van der Waals surface area contributed by atoms with Gasteiger partial charge in [-0.05, 0) is 13.0 Å². The molecule has 1 unspecified atom stereocenters. The summed E-state index contributed by atoms with van der Waals surface area (Å²) in [7, 11) is 0. The second kappa shape index (κ2) is 16.5. The molecule has 0 aromatic rings. The number of carbonyl (C=O) groups excluding carboxylic acids is 1. The molecule has 0 bridgehead atoms. The Balaban J connectivity index is -0.000000337. The Morgan fingerprint density at radius 1 is 1.59 bits per heavy atom. The van der Waals surface area contributed by atoms with Crippen molar-refractivity contribution in [2.75, 3.05) is 6.61 Å². The Morgan fingerprint density at radius 2 is 2.00 bits per heavy atom. The smallest absolute Gasteiger partial charge is 0.346 e. The van der Waals surface area contributed by atoms with Gasteiger partial charge in [0, 0.05) is 6.21 Å². The first-order chi connectivity index (χ1) is 8.04.